The van der Waals surface area contributed by atoms with E-state index in [9.17, 15) is 9.59 Å². The predicted molar refractivity (Wildman–Crippen MR) is 83.9 cm³/mol. The molecule has 108 valence electrons. The van der Waals surface area contributed by atoms with Gasteiger partial charge in [-0.15, -0.1) is 0 Å². The van der Waals surface area contributed by atoms with E-state index < -0.39 is 11.8 Å². The molecule has 2 rings (SSSR count). The zero-order chi connectivity index (χ0) is 15.2. The number of para-hydroxylation sites is 1. The van der Waals surface area contributed by atoms with Crippen LogP contribution in [-0.2, 0) is 16.0 Å². The van der Waals surface area contributed by atoms with Gasteiger partial charge in [0, 0.05) is 17.1 Å². The molecule has 0 radical (unpaired) electrons. The minimum Gasteiger partial charge on any atom is -0.399 e. The van der Waals surface area contributed by atoms with E-state index >= 15 is 0 Å². The van der Waals surface area contributed by atoms with Crippen LogP contribution in [0.3, 0.4) is 0 Å². The number of nitrogens with two attached hydrogens (primary N) is 1. The summed E-state index contributed by atoms with van der Waals surface area (Å²) in [7, 11) is 0. The van der Waals surface area contributed by atoms with Crippen LogP contribution in [-0.4, -0.2) is 11.8 Å². The van der Waals surface area contributed by atoms with E-state index in [1.165, 1.54) is 0 Å². The number of anilines is 3. The normalized spacial score (nSPS) is 9.95. The summed E-state index contributed by atoms with van der Waals surface area (Å²) in [6.45, 7) is 1.98. The molecule has 0 unspecified atom stereocenters. The molecule has 5 heteroatoms. The summed E-state index contributed by atoms with van der Waals surface area (Å²) in [6, 6.07) is 14.0. The van der Waals surface area contributed by atoms with Crippen LogP contribution in [0.5, 0.6) is 0 Å². The highest BCUT2D eigenvalue weighted by Gasteiger charge is 2.15. The Labute approximate surface area is 123 Å². The van der Waals surface area contributed by atoms with Gasteiger partial charge in [-0.1, -0.05) is 31.2 Å². The molecule has 0 saturated heterocycles. The lowest BCUT2D eigenvalue weighted by atomic mass is 10.1. The van der Waals surface area contributed by atoms with Gasteiger partial charge >= 0.3 is 11.8 Å². The lowest BCUT2D eigenvalue weighted by Gasteiger charge is -2.10. The highest BCUT2D eigenvalue weighted by atomic mass is 16.2. The fraction of sp³-hybridized carbons (Fsp3) is 0.125. The molecule has 0 atom stereocenters. The molecule has 0 aliphatic carbocycles. The van der Waals surface area contributed by atoms with E-state index in [1.54, 1.807) is 30.3 Å². The summed E-state index contributed by atoms with van der Waals surface area (Å²) in [5.41, 5.74) is 8.24. The van der Waals surface area contributed by atoms with E-state index in [4.69, 9.17) is 5.73 Å². The van der Waals surface area contributed by atoms with E-state index in [2.05, 4.69) is 10.6 Å². The molecule has 0 saturated carbocycles. The number of nitrogen functional groups attached to an aromatic ring is 1. The third-order valence-corrected chi connectivity index (χ3v) is 3.00. The molecule has 2 amide bonds. The molecule has 2 aromatic rings. The fourth-order valence-corrected chi connectivity index (χ4v) is 1.93. The van der Waals surface area contributed by atoms with Crippen LogP contribution in [0.25, 0.3) is 0 Å². The molecule has 0 aliphatic rings. The number of hydrogen-bond acceptors (Lipinski definition) is 3. The highest BCUT2D eigenvalue weighted by molar-refractivity contribution is 6.43. The van der Waals surface area contributed by atoms with Crippen molar-refractivity contribution in [3.63, 3.8) is 0 Å². The average molecular weight is 283 g/mol. The summed E-state index contributed by atoms with van der Waals surface area (Å²) >= 11 is 0. The second-order valence-corrected chi connectivity index (χ2v) is 4.54. The largest absolute Gasteiger partial charge is 0.399 e. The quantitative estimate of drug-likeness (QED) is 0.597. The molecule has 5 nitrogen and oxygen atoms in total. The van der Waals surface area contributed by atoms with Crippen LogP contribution in [0.1, 0.15) is 12.5 Å². The van der Waals surface area contributed by atoms with Gasteiger partial charge in [0.2, 0.25) is 0 Å². The van der Waals surface area contributed by atoms with Crippen LogP contribution >= 0.6 is 0 Å². The lowest BCUT2D eigenvalue weighted by molar-refractivity contribution is -0.133. The molecular formula is C16H17N3O2. The maximum absolute atomic E-state index is 11.9. The first-order chi connectivity index (χ1) is 10.1. The van der Waals surface area contributed by atoms with Crippen LogP contribution in [0, 0.1) is 0 Å². The maximum Gasteiger partial charge on any atom is 0.314 e. The van der Waals surface area contributed by atoms with Gasteiger partial charge in [0.15, 0.2) is 0 Å². The smallest absolute Gasteiger partial charge is 0.314 e. The van der Waals surface area contributed by atoms with E-state index in [0.29, 0.717) is 17.1 Å². The first-order valence-electron chi connectivity index (χ1n) is 6.66. The molecule has 0 bridgehead atoms. The Bertz CT molecular complexity index is 668. The van der Waals surface area contributed by atoms with Crippen molar-refractivity contribution in [2.75, 3.05) is 16.4 Å². The van der Waals surface area contributed by atoms with Crippen molar-refractivity contribution in [1.29, 1.82) is 0 Å². The molecular weight excluding hydrogens is 266 g/mol. The Morgan fingerprint density at radius 2 is 1.71 bits per heavy atom. The van der Waals surface area contributed by atoms with Gasteiger partial charge in [-0.05, 0) is 36.2 Å². The Balaban J connectivity index is 2.04. The van der Waals surface area contributed by atoms with E-state index in [-0.39, 0.29) is 0 Å². The number of hydrogen-bond donors (Lipinski definition) is 3. The Morgan fingerprint density at radius 3 is 2.43 bits per heavy atom. The zero-order valence-electron chi connectivity index (χ0n) is 11.7. The maximum atomic E-state index is 11.9. The van der Waals surface area contributed by atoms with Crippen molar-refractivity contribution in [1.82, 2.24) is 0 Å². The highest BCUT2D eigenvalue weighted by Crippen LogP contribution is 2.16. The van der Waals surface area contributed by atoms with Crippen LogP contribution in [0.4, 0.5) is 17.1 Å². The van der Waals surface area contributed by atoms with E-state index in [1.807, 2.05) is 25.1 Å². The minimum absolute atomic E-state index is 0.485. The van der Waals surface area contributed by atoms with Gasteiger partial charge in [-0.3, -0.25) is 9.59 Å². The van der Waals surface area contributed by atoms with Gasteiger partial charge < -0.3 is 16.4 Å². The SMILES string of the molecule is CCc1ccccc1NC(=O)C(=O)Nc1cccc(N)c1. The summed E-state index contributed by atoms with van der Waals surface area (Å²) < 4.78 is 0. The monoisotopic (exact) mass is 283 g/mol. The van der Waals surface area contributed by atoms with Crippen LogP contribution in [0.2, 0.25) is 0 Å². The molecule has 0 heterocycles. The predicted octanol–water partition coefficient (Wildman–Crippen LogP) is 2.41. The Kier molecular flexibility index (Phi) is 4.56. The molecule has 2 aromatic carbocycles. The number of amides is 2. The topological polar surface area (TPSA) is 84.2 Å². The minimum atomic E-state index is -0.730. The van der Waals surface area contributed by atoms with Crippen molar-refractivity contribution >= 4 is 28.9 Å². The number of aryl methyl sites for hydroxylation is 1. The van der Waals surface area contributed by atoms with Crippen LogP contribution in [0.15, 0.2) is 48.5 Å². The zero-order valence-corrected chi connectivity index (χ0v) is 11.7. The number of rotatable bonds is 3. The van der Waals surface area contributed by atoms with Gasteiger partial charge in [-0.2, -0.15) is 0 Å². The summed E-state index contributed by atoms with van der Waals surface area (Å²) in [5.74, 6) is -1.44. The first kappa shape index (κ1) is 14.6. The van der Waals surface area contributed by atoms with E-state index in [0.717, 1.165) is 12.0 Å². The molecule has 0 aromatic heterocycles. The average Bonchev–Trinajstić information content (AvgIpc) is 2.47. The third-order valence-electron chi connectivity index (χ3n) is 3.00. The van der Waals surface area contributed by atoms with Gasteiger partial charge in [0.05, 0.1) is 0 Å². The second kappa shape index (κ2) is 6.56. The second-order valence-electron chi connectivity index (χ2n) is 4.54. The first-order valence-corrected chi connectivity index (χ1v) is 6.66. The molecule has 0 spiro atoms. The van der Waals surface area contributed by atoms with Crippen molar-refractivity contribution in [3.05, 3.63) is 54.1 Å². The number of carbonyl (C=O) groups is 2. The fourth-order valence-electron chi connectivity index (χ4n) is 1.93. The third kappa shape index (κ3) is 3.82. The number of nitrogens with one attached hydrogen (secondary N) is 2. The number of benzene rings is 2. The standard InChI is InChI=1S/C16H17N3O2/c1-2-11-6-3-4-9-14(11)19-16(21)15(20)18-13-8-5-7-12(17)10-13/h3-10H,2,17H2,1H3,(H,18,20)(H,19,21). The summed E-state index contributed by atoms with van der Waals surface area (Å²) in [4.78, 5) is 23.8. The van der Waals surface area contributed by atoms with Crippen molar-refractivity contribution < 1.29 is 9.59 Å². The Morgan fingerprint density at radius 1 is 1.00 bits per heavy atom. The summed E-state index contributed by atoms with van der Waals surface area (Å²) in [5, 5.41) is 5.12. The van der Waals surface area contributed by atoms with Gasteiger partial charge in [-0.25, -0.2) is 0 Å². The molecule has 0 fully saturated rings. The van der Waals surface area contributed by atoms with Gasteiger partial charge in [0.25, 0.3) is 0 Å². The Hall–Kier alpha value is -2.82. The molecule has 21 heavy (non-hydrogen) atoms. The molecule has 0 aliphatic heterocycles. The van der Waals surface area contributed by atoms with Crippen molar-refractivity contribution in [2.24, 2.45) is 0 Å². The molecule has 4 N–H and O–H groups in total. The van der Waals surface area contributed by atoms with Crippen molar-refractivity contribution in [3.8, 4) is 0 Å². The lowest BCUT2D eigenvalue weighted by Crippen LogP contribution is -2.29. The van der Waals surface area contributed by atoms with Gasteiger partial charge in [0.1, 0.15) is 0 Å². The van der Waals surface area contributed by atoms with Crippen LogP contribution < -0.4 is 16.4 Å². The van der Waals surface area contributed by atoms with Crippen molar-refractivity contribution in [2.45, 2.75) is 13.3 Å². The number of carbonyl (C=O) groups excluding carboxylic acids is 2. The summed E-state index contributed by atoms with van der Waals surface area (Å²) in [6.07, 6.45) is 0.771.